The number of hydrogen-bond acceptors (Lipinski definition) is 4. The van der Waals surface area contributed by atoms with Crippen molar-refractivity contribution in [2.45, 2.75) is 19.8 Å². The van der Waals surface area contributed by atoms with Gasteiger partial charge in [-0.25, -0.2) is 5.43 Å². The van der Waals surface area contributed by atoms with Crippen molar-refractivity contribution in [3.63, 3.8) is 0 Å². The molecule has 2 amide bonds. The minimum absolute atomic E-state index is 0.0467. The molecule has 6 heteroatoms. The summed E-state index contributed by atoms with van der Waals surface area (Å²) in [6.07, 6.45) is 0.125. The zero-order chi connectivity index (χ0) is 17.4. The number of rotatable bonds is 6. The van der Waals surface area contributed by atoms with E-state index >= 15 is 0 Å². The van der Waals surface area contributed by atoms with Crippen molar-refractivity contribution in [2.24, 2.45) is 5.10 Å². The first-order valence-electron chi connectivity index (χ1n) is 7.52. The number of nitrogens with zero attached hydrogens (tertiary/aromatic N) is 1. The van der Waals surface area contributed by atoms with Crippen molar-refractivity contribution in [1.82, 2.24) is 5.43 Å². The highest BCUT2D eigenvalue weighted by molar-refractivity contribution is 5.99. The maximum absolute atomic E-state index is 11.8. The van der Waals surface area contributed by atoms with Crippen molar-refractivity contribution >= 4 is 23.2 Å². The Labute approximate surface area is 140 Å². The van der Waals surface area contributed by atoms with Gasteiger partial charge in [-0.3, -0.25) is 9.59 Å². The van der Waals surface area contributed by atoms with E-state index in [4.69, 9.17) is 0 Å². The second-order valence-electron chi connectivity index (χ2n) is 5.19. The van der Waals surface area contributed by atoms with Crippen LogP contribution < -0.4 is 10.7 Å². The number of carbonyl (C=O) groups is 2. The second kappa shape index (κ2) is 8.47. The molecule has 0 aliphatic heterocycles. The van der Waals surface area contributed by atoms with Crippen LogP contribution in [0.3, 0.4) is 0 Å². The van der Waals surface area contributed by atoms with Crippen LogP contribution in [0.4, 0.5) is 5.69 Å². The van der Waals surface area contributed by atoms with Gasteiger partial charge in [0.15, 0.2) is 0 Å². The molecule has 0 spiro atoms. The molecule has 0 aromatic heterocycles. The van der Waals surface area contributed by atoms with Crippen molar-refractivity contribution in [1.29, 1.82) is 0 Å². The first-order valence-corrected chi connectivity index (χ1v) is 7.52. The van der Waals surface area contributed by atoms with Crippen molar-refractivity contribution in [3.05, 3.63) is 60.2 Å². The van der Waals surface area contributed by atoms with E-state index in [0.717, 1.165) is 5.56 Å². The molecule has 2 aromatic carbocycles. The van der Waals surface area contributed by atoms with Gasteiger partial charge in [0.1, 0.15) is 5.75 Å². The molecule has 0 bridgehead atoms. The van der Waals surface area contributed by atoms with Crippen LogP contribution in [-0.4, -0.2) is 22.6 Å². The van der Waals surface area contributed by atoms with Crippen LogP contribution >= 0.6 is 0 Å². The third-order valence-corrected chi connectivity index (χ3v) is 3.27. The quantitative estimate of drug-likeness (QED) is 0.563. The topological polar surface area (TPSA) is 90.8 Å². The van der Waals surface area contributed by atoms with Gasteiger partial charge in [0.2, 0.25) is 11.8 Å². The molecule has 124 valence electrons. The predicted octanol–water partition coefficient (Wildman–Crippen LogP) is 2.65. The minimum atomic E-state index is -0.337. The molecular weight excluding hydrogens is 306 g/mol. The molecule has 0 heterocycles. The fraction of sp³-hybridized carbons (Fsp3) is 0.167. The number of phenols is 1. The molecule has 0 radical (unpaired) electrons. The first-order chi connectivity index (χ1) is 11.5. The molecule has 2 rings (SSSR count). The second-order valence-corrected chi connectivity index (χ2v) is 5.19. The van der Waals surface area contributed by atoms with E-state index in [1.165, 1.54) is 0 Å². The Morgan fingerprint density at radius 3 is 2.25 bits per heavy atom. The largest absolute Gasteiger partial charge is 0.508 e. The highest BCUT2D eigenvalue weighted by Crippen LogP contribution is 2.10. The molecule has 0 saturated heterocycles. The molecule has 0 aliphatic carbocycles. The normalized spacial score (nSPS) is 11.0. The third-order valence-electron chi connectivity index (χ3n) is 3.27. The van der Waals surface area contributed by atoms with E-state index in [0.29, 0.717) is 11.4 Å². The Balaban J connectivity index is 1.77. The van der Waals surface area contributed by atoms with Gasteiger partial charge in [0.25, 0.3) is 0 Å². The number of amides is 2. The monoisotopic (exact) mass is 325 g/mol. The van der Waals surface area contributed by atoms with Crippen LogP contribution in [0.15, 0.2) is 59.7 Å². The number of para-hydroxylation sites is 1. The van der Waals surface area contributed by atoms with Crippen molar-refractivity contribution in [2.75, 3.05) is 5.32 Å². The van der Waals surface area contributed by atoms with Crippen LogP contribution in [-0.2, 0) is 9.59 Å². The first kappa shape index (κ1) is 17.2. The highest BCUT2D eigenvalue weighted by Gasteiger charge is 2.07. The van der Waals surface area contributed by atoms with E-state index in [-0.39, 0.29) is 30.4 Å². The smallest absolute Gasteiger partial charge is 0.240 e. The lowest BCUT2D eigenvalue weighted by Gasteiger charge is -2.05. The lowest BCUT2D eigenvalue weighted by atomic mass is 10.1. The van der Waals surface area contributed by atoms with E-state index in [9.17, 15) is 14.7 Å². The molecule has 24 heavy (non-hydrogen) atoms. The molecule has 3 N–H and O–H groups in total. The zero-order valence-electron chi connectivity index (χ0n) is 13.3. The Bertz CT molecular complexity index is 725. The molecule has 2 aromatic rings. The van der Waals surface area contributed by atoms with Gasteiger partial charge in [-0.2, -0.15) is 5.10 Å². The van der Waals surface area contributed by atoms with Gasteiger partial charge >= 0.3 is 0 Å². The fourth-order valence-electron chi connectivity index (χ4n) is 1.94. The van der Waals surface area contributed by atoms with E-state index in [2.05, 4.69) is 15.8 Å². The average Bonchev–Trinajstić information content (AvgIpc) is 2.59. The number of aromatic hydroxyl groups is 1. The lowest BCUT2D eigenvalue weighted by molar-refractivity contribution is -0.124. The standard InChI is InChI=1S/C18H19N3O3/c1-13(14-7-9-16(22)10-8-14)20-21-18(24)12-11-17(23)19-15-5-3-2-4-6-15/h2-10,22H,11-12H2,1H3,(H,19,23)(H,21,24)/b20-13-. The summed E-state index contributed by atoms with van der Waals surface area (Å²) in [6.45, 7) is 1.74. The van der Waals surface area contributed by atoms with Crippen LogP contribution in [0.1, 0.15) is 25.3 Å². The molecule has 6 nitrogen and oxygen atoms in total. The summed E-state index contributed by atoms with van der Waals surface area (Å²) < 4.78 is 0. The number of nitrogens with one attached hydrogen (secondary N) is 2. The molecule has 0 fully saturated rings. The molecule has 0 atom stereocenters. The number of hydrazone groups is 1. The number of anilines is 1. The van der Waals surface area contributed by atoms with Crippen LogP contribution in [0, 0.1) is 0 Å². The van der Waals surface area contributed by atoms with Crippen LogP contribution in [0.25, 0.3) is 0 Å². The maximum Gasteiger partial charge on any atom is 0.240 e. The summed E-state index contributed by atoms with van der Waals surface area (Å²) in [5.41, 5.74) is 4.51. The number of hydrogen-bond donors (Lipinski definition) is 3. The fourth-order valence-corrected chi connectivity index (χ4v) is 1.94. The summed E-state index contributed by atoms with van der Waals surface area (Å²) in [7, 11) is 0. The SMILES string of the molecule is C/C(=N/NC(=O)CCC(=O)Nc1ccccc1)c1ccc(O)cc1. The van der Waals surface area contributed by atoms with Gasteiger partial charge in [0, 0.05) is 18.5 Å². The maximum atomic E-state index is 11.8. The summed E-state index contributed by atoms with van der Waals surface area (Å²) in [5, 5.41) is 15.9. The number of phenolic OH excluding ortho intramolecular Hbond substituents is 1. The molecule has 0 aliphatic rings. The lowest BCUT2D eigenvalue weighted by Crippen LogP contribution is -2.21. The Morgan fingerprint density at radius 2 is 1.58 bits per heavy atom. The van der Waals surface area contributed by atoms with Crippen LogP contribution in [0.5, 0.6) is 5.75 Å². The Morgan fingerprint density at radius 1 is 0.958 bits per heavy atom. The Kier molecular flexibility index (Phi) is 6.08. The summed E-state index contributed by atoms with van der Waals surface area (Å²) in [5.74, 6) is -0.396. The minimum Gasteiger partial charge on any atom is -0.508 e. The van der Waals surface area contributed by atoms with Gasteiger partial charge in [-0.1, -0.05) is 18.2 Å². The highest BCUT2D eigenvalue weighted by atomic mass is 16.3. The van der Waals surface area contributed by atoms with Gasteiger partial charge in [-0.05, 0) is 48.9 Å². The Hall–Kier alpha value is -3.15. The predicted molar refractivity (Wildman–Crippen MR) is 92.8 cm³/mol. The summed E-state index contributed by atoms with van der Waals surface area (Å²) in [6, 6.07) is 15.6. The van der Waals surface area contributed by atoms with Gasteiger partial charge in [-0.15, -0.1) is 0 Å². The van der Waals surface area contributed by atoms with E-state index in [1.807, 2.05) is 18.2 Å². The molecule has 0 unspecified atom stereocenters. The average molecular weight is 325 g/mol. The molecule has 0 saturated carbocycles. The third kappa shape index (κ3) is 5.57. The number of benzene rings is 2. The van der Waals surface area contributed by atoms with Crippen molar-refractivity contribution < 1.29 is 14.7 Å². The molecular formula is C18H19N3O3. The van der Waals surface area contributed by atoms with Gasteiger partial charge in [0.05, 0.1) is 5.71 Å². The van der Waals surface area contributed by atoms with Gasteiger partial charge < -0.3 is 10.4 Å². The van der Waals surface area contributed by atoms with Crippen LogP contribution in [0.2, 0.25) is 0 Å². The zero-order valence-corrected chi connectivity index (χ0v) is 13.3. The summed E-state index contributed by atoms with van der Waals surface area (Å²) >= 11 is 0. The summed E-state index contributed by atoms with van der Waals surface area (Å²) in [4.78, 5) is 23.5. The van der Waals surface area contributed by atoms with Crippen molar-refractivity contribution in [3.8, 4) is 5.75 Å². The number of carbonyl (C=O) groups excluding carboxylic acids is 2. The van der Waals surface area contributed by atoms with E-state index in [1.54, 1.807) is 43.3 Å². The van der Waals surface area contributed by atoms with E-state index < -0.39 is 0 Å².